The van der Waals surface area contributed by atoms with Gasteiger partial charge in [0.25, 0.3) is 5.91 Å². The molecular formula is C25H31FN8O2. The summed E-state index contributed by atoms with van der Waals surface area (Å²) in [5.74, 6) is -0.467. The van der Waals surface area contributed by atoms with Gasteiger partial charge in [0.2, 0.25) is 5.91 Å². The number of nitrogens with one attached hydrogen (secondary N) is 3. The molecule has 2 amide bonds. The second-order valence-electron chi connectivity index (χ2n) is 8.89. The Labute approximate surface area is 209 Å². The van der Waals surface area contributed by atoms with Gasteiger partial charge < -0.3 is 25.8 Å². The van der Waals surface area contributed by atoms with Gasteiger partial charge >= 0.3 is 0 Å². The molecule has 11 heteroatoms. The highest BCUT2D eigenvalue weighted by Crippen LogP contribution is 2.26. The molecule has 0 aliphatic carbocycles. The van der Waals surface area contributed by atoms with E-state index < -0.39 is 5.82 Å². The lowest BCUT2D eigenvalue weighted by molar-refractivity contribution is -0.133. The highest BCUT2D eigenvalue weighted by Gasteiger charge is 2.24. The molecule has 3 heterocycles. The minimum absolute atomic E-state index is 0.000350. The Hall–Kier alpha value is -3.99. The number of piperidine rings is 1. The summed E-state index contributed by atoms with van der Waals surface area (Å²) in [6, 6.07) is 8.59. The Morgan fingerprint density at radius 3 is 2.64 bits per heavy atom. The number of anilines is 4. The fourth-order valence-corrected chi connectivity index (χ4v) is 4.17. The van der Waals surface area contributed by atoms with Crippen molar-refractivity contribution in [3.05, 3.63) is 60.3 Å². The SMILES string of the molecule is CNC(=O)c1ccccc1Nc1cc(Nc2cnn(CC(=O)N(C)C3CCN(C)CC3)c2)ncc1F. The summed E-state index contributed by atoms with van der Waals surface area (Å²) in [5, 5.41) is 12.9. The van der Waals surface area contributed by atoms with Gasteiger partial charge in [-0.05, 0) is 45.1 Å². The smallest absolute Gasteiger partial charge is 0.253 e. The van der Waals surface area contributed by atoms with Crippen LogP contribution in [0.25, 0.3) is 0 Å². The Balaban J connectivity index is 1.41. The van der Waals surface area contributed by atoms with Crippen LogP contribution in [0, 0.1) is 5.82 Å². The molecule has 0 unspecified atom stereocenters. The summed E-state index contributed by atoms with van der Waals surface area (Å²) in [4.78, 5) is 33.1. The minimum Gasteiger partial charge on any atom is -0.355 e. The molecule has 1 aromatic carbocycles. The van der Waals surface area contributed by atoms with E-state index in [0.717, 1.165) is 32.1 Å². The quantitative estimate of drug-likeness (QED) is 0.442. The number of halogens is 1. The van der Waals surface area contributed by atoms with Crippen LogP contribution in [0.3, 0.4) is 0 Å². The molecular weight excluding hydrogens is 463 g/mol. The molecule has 36 heavy (non-hydrogen) atoms. The van der Waals surface area contributed by atoms with E-state index in [2.05, 4.69) is 38.0 Å². The van der Waals surface area contributed by atoms with E-state index in [0.29, 0.717) is 22.8 Å². The van der Waals surface area contributed by atoms with Gasteiger partial charge in [-0.3, -0.25) is 14.3 Å². The lowest BCUT2D eigenvalue weighted by Crippen LogP contribution is -2.45. The molecule has 0 radical (unpaired) electrons. The van der Waals surface area contributed by atoms with E-state index in [9.17, 15) is 14.0 Å². The normalized spacial score (nSPS) is 14.3. The van der Waals surface area contributed by atoms with Crippen LogP contribution in [0.5, 0.6) is 0 Å². The number of hydrogen-bond acceptors (Lipinski definition) is 7. The molecule has 1 aliphatic heterocycles. The summed E-state index contributed by atoms with van der Waals surface area (Å²) in [6.45, 7) is 2.10. The van der Waals surface area contributed by atoms with Gasteiger partial charge in [0.05, 0.1) is 35.0 Å². The number of likely N-dealkylation sites (N-methyl/N-ethyl adjacent to an activating group) is 1. The topological polar surface area (TPSA) is 107 Å². The van der Waals surface area contributed by atoms with Crippen LogP contribution in [0.4, 0.5) is 27.3 Å². The van der Waals surface area contributed by atoms with Crippen LogP contribution in [0.1, 0.15) is 23.2 Å². The van der Waals surface area contributed by atoms with E-state index in [1.165, 1.54) is 13.1 Å². The number of hydrogen-bond donors (Lipinski definition) is 3. The summed E-state index contributed by atoms with van der Waals surface area (Å²) in [7, 11) is 5.48. The molecule has 1 aliphatic rings. The van der Waals surface area contributed by atoms with E-state index in [1.807, 2.05) is 11.9 Å². The Morgan fingerprint density at radius 1 is 1.14 bits per heavy atom. The second-order valence-corrected chi connectivity index (χ2v) is 8.89. The molecule has 0 atom stereocenters. The van der Waals surface area contributed by atoms with Crippen LogP contribution in [0.2, 0.25) is 0 Å². The van der Waals surface area contributed by atoms with Gasteiger partial charge in [0, 0.05) is 32.4 Å². The number of benzene rings is 1. The zero-order chi connectivity index (χ0) is 25.7. The summed E-state index contributed by atoms with van der Waals surface area (Å²) in [5.41, 5.74) is 1.63. The van der Waals surface area contributed by atoms with Gasteiger partial charge in [-0.2, -0.15) is 5.10 Å². The third kappa shape index (κ3) is 5.98. The lowest BCUT2D eigenvalue weighted by Gasteiger charge is -2.35. The first-order valence-corrected chi connectivity index (χ1v) is 11.8. The first-order valence-electron chi connectivity index (χ1n) is 11.8. The van der Waals surface area contributed by atoms with Crippen LogP contribution in [-0.4, -0.2) is 76.7 Å². The average molecular weight is 495 g/mol. The number of nitrogens with zero attached hydrogens (tertiary/aromatic N) is 5. The number of likely N-dealkylation sites (tertiary alicyclic amines) is 1. The van der Waals surface area contributed by atoms with Crippen LogP contribution < -0.4 is 16.0 Å². The Kier molecular flexibility index (Phi) is 7.79. The number of amides is 2. The third-order valence-electron chi connectivity index (χ3n) is 6.36. The standard InChI is InChI=1S/C25H31FN8O2/c1-27-25(36)19-6-4-5-7-21(19)31-22-12-23(28-14-20(22)26)30-17-13-29-34(15-17)16-24(35)33(3)18-8-10-32(2)11-9-18/h4-7,12-15,18H,8-11,16H2,1-3H3,(H,27,36)(H2,28,30,31). The molecule has 0 spiro atoms. The molecule has 1 fully saturated rings. The summed E-state index contributed by atoms with van der Waals surface area (Å²) >= 11 is 0. The fraction of sp³-hybridized carbons (Fsp3) is 0.360. The maximum Gasteiger partial charge on any atom is 0.253 e. The Morgan fingerprint density at radius 2 is 1.89 bits per heavy atom. The molecule has 10 nitrogen and oxygen atoms in total. The highest BCUT2D eigenvalue weighted by atomic mass is 19.1. The van der Waals surface area contributed by atoms with Crippen molar-refractivity contribution in [2.75, 3.05) is 44.9 Å². The molecule has 190 valence electrons. The van der Waals surface area contributed by atoms with Crippen molar-refractivity contribution in [1.29, 1.82) is 0 Å². The second kappa shape index (κ2) is 11.2. The first kappa shape index (κ1) is 25.1. The monoisotopic (exact) mass is 494 g/mol. The highest BCUT2D eigenvalue weighted by molar-refractivity contribution is 6.00. The van der Waals surface area contributed by atoms with Crippen molar-refractivity contribution in [2.24, 2.45) is 0 Å². The Bertz CT molecular complexity index is 1220. The number of carbonyl (C=O) groups excluding carboxylic acids is 2. The molecule has 3 aromatic rings. The van der Waals surface area contributed by atoms with Gasteiger partial charge in [0.15, 0.2) is 5.82 Å². The fourth-order valence-electron chi connectivity index (χ4n) is 4.17. The number of para-hydroxylation sites is 1. The minimum atomic E-state index is -0.564. The van der Waals surface area contributed by atoms with Gasteiger partial charge in [0.1, 0.15) is 12.4 Å². The van der Waals surface area contributed by atoms with Gasteiger partial charge in [-0.25, -0.2) is 9.37 Å². The van der Waals surface area contributed by atoms with Crippen molar-refractivity contribution < 1.29 is 14.0 Å². The average Bonchev–Trinajstić information content (AvgIpc) is 3.32. The zero-order valence-corrected chi connectivity index (χ0v) is 20.7. The predicted octanol–water partition coefficient (Wildman–Crippen LogP) is 2.82. The van der Waals surface area contributed by atoms with E-state index in [1.54, 1.807) is 41.3 Å². The number of carbonyl (C=O) groups is 2. The van der Waals surface area contributed by atoms with Gasteiger partial charge in [-0.1, -0.05) is 12.1 Å². The lowest BCUT2D eigenvalue weighted by atomic mass is 10.0. The number of pyridine rings is 1. The van der Waals surface area contributed by atoms with E-state index >= 15 is 0 Å². The molecule has 0 bridgehead atoms. The molecule has 1 saturated heterocycles. The molecule has 0 saturated carbocycles. The molecule has 4 rings (SSSR count). The molecule has 2 aromatic heterocycles. The van der Waals surface area contributed by atoms with Crippen LogP contribution in [0.15, 0.2) is 48.9 Å². The van der Waals surface area contributed by atoms with Crippen molar-refractivity contribution in [1.82, 2.24) is 29.9 Å². The van der Waals surface area contributed by atoms with Crippen molar-refractivity contribution in [3.8, 4) is 0 Å². The van der Waals surface area contributed by atoms with Gasteiger partial charge in [-0.15, -0.1) is 0 Å². The largest absolute Gasteiger partial charge is 0.355 e. The maximum atomic E-state index is 14.5. The first-order chi connectivity index (χ1) is 17.3. The summed E-state index contributed by atoms with van der Waals surface area (Å²) < 4.78 is 16.1. The van der Waals surface area contributed by atoms with Crippen molar-refractivity contribution >= 4 is 34.7 Å². The van der Waals surface area contributed by atoms with Crippen molar-refractivity contribution in [3.63, 3.8) is 0 Å². The summed E-state index contributed by atoms with van der Waals surface area (Å²) in [6.07, 6.45) is 6.31. The van der Waals surface area contributed by atoms with E-state index in [-0.39, 0.29) is 30.1 Å². The third-order valence-corrected chi connectivity index (χ3v) is 6.36. The van der Waals surface area contributed by atoms with Crippen LogP contribution in [-0.2, 0) is 11.3 Å². The zero-order valence-electron chi connectivity index (χ0n) is 20.7. The predicted molar refractivity (Wildman–Crippen MR) is 136 cm³/mol. The van der Waals surface area contributed by atoms with Crippen molar-refractivity contribution in [2.45, 2.75) is 25.4 Å². The number of rotatable bonds is 8. The van der Waals surface area contributed by atoms with Crippen LogP contribution >= 0.6 is 0 Å². The van der Waals surface area contributed by atoms with E-state index in [4.69, 9.17) is 0 Å². The number of aromatic nitrogens is 3. The maximum absolute atomic E-state index is 14.5. The molecule has 3 N–H and O–H groups in total.